The third kappa shape index (κ3) is 2.95. The molecule has 0 radical (unpaired) electrons. The van der Waals surface area contributed by atoms with Crippen LogP contribution >= 0.6 is 0 Å². The number of carbonyl (C=O) groups is 1. The maximum absolute atomic E-state index is 11.5. The number of rotatable bonds is 8. The smallest absolute Gasteiger partial charge is 0.324 e. The van der Waals surface area contributed by atoms with Crippen LogP contribution in [-0.4, -0.2) is 47.8 Å². The van der Waals surface area contributed by atoms with E-state index < -0.39 is 11.5 Å². The number of aliphatic carboxylic acids is 1. The minimum absolute atomic E-state index is 0.117. The molecule has 0 fully saturated rings. The quantitative estimate of drug-likeness (QED) is 0.694. The molecule has 0 aliphatic carbocycles. The van der Waals surface area contributed by atoms with Crippen LogP contribution in [0.4, 0.5) is 0 Å². The van der Waals surface area contributed by atoms with Crippen molar-refractivity contribution in [1.29, 1.82) is 0 Å². The maximum atomic E-state index is 11.5. The zero-order chi connectivity index (χ0) is 12.8. The molecule has 0 aromatic heterocycles. The third-order valence-corrected chi connectivity index (χ3v) is 3.40. The predicted octanol–water partition coefficient (Wildman–Crippen LogP) is 1.99. The molecule has 0 saturated heterocycles. The van der Waals surface area contributed by atoms with E-state index in [-0.39, 0.29) is 6.04 Å². The van der Waals surface area contributed by atoms with Gasteiger partial charge in [-0.1, -0.05) is 20.8 Å². The van der Waals surface area contributed by atoms with Crippen molar-refractivity contribution in [3.8, 4) is 0 Å². The molecule has 0 aromatic rings. The Kier molecular flexibility index (Phi) is 6.60. The molecule has 4 nitrogen and oxygen atoms in total. The number of methoxy groups -OCH3 is 1. The first kappa shape index (κ1) is 15.4. The molecule has 0 bridgehead atoms. The van der Waals surface area contributed by atoms with E-state index in [1.165, 1.54) is 0 Å². The van der Waals surface area contributed by atoms with E-state index >= 15 is 0 Å². The first-order valence-electron chi connectivity index (χ1n) is 5.99. The van der Waals surface area contributed by atoms with Gasteiger partial charge in [-0.05, 0) is 26.3 Å². The molecule has 0 saturated carbocycles. The summed E-state index contributed by atoms with van der Waals surface area (Å²) in [7, 11) is 1.64. The molecule has 0 aromatic carbocycles. The average molecular weight is 231 g/mol. The van der Waals surface area contributed by atoms with Crippen LogP contribution in [0.25, 0.3) is 0 Å². The van der Waals surface area contributed by atoms with Gasteiger partial charge in [0.25, 0.3) is 0 Å². The number of hydrogen-bond acceptors (Lipinski definition) is 3. The highest BCUT2D eigenvalue weighted by molar-refractivity contribution is 5.78. The topological polar surface area (TPSA) is 49.8 Å². The molecule has 1 unspecified atom stereocenters. The fraction of sp³-hybridized carbons (Fsp3) is 0.917. The van der Waals surface area contributed by atoms with Gasteiger partial charge in [-0.2, -0.15) is 0 Å². The van der Waals surface area contributed by atoms with E-state index in [4.69, 9.17) is 4.74 Å². The Morgan fingerprint density at radius 2 is 1.88 bits per heavy atom. The Hall–Kier alpha value is -0.610. The first-order chi connectivity index (χ1) is 7.49. The van der Waals surface area contributed by atoms with Gasteiger partial charge in [0.2, 0.25) is 0 Å². The van der Waals surface area contributed by atoms with Gasteiger partial charge < -0.3 is 9.84 Å². The molecular formula is C12H25NO3. The van der Waals surface area contributed by atoms with Gasteiger partial charge in [0.15, 0.2) is 0 Å². The van der Waals surface area contributed by atoms with Crippen molar-refractivity contribution in [1.82, 2.24) is 4.90 Å². The van der Waals surface area contributed by atoms with Gasteiger partial charge in [-0.25, -0.2) is 0 Å². The fourth-order valence-electron chi connectivity index (χ4n) is 2.45. The average Bonchev–Trinajstić information content (AvgIpc) is 2.25. The molecule has 96 valence electrons. The summed E-state index contributed by atoms with van der Waals surface area (Å²) in [6, 6.07) is 0.117. The van der Waals surface area contributed by atoms with E-state index in [0.29, 0.717) is 19.4 Å². The lowest BCUT2D eigenvalue weighted by Crippen LogP contribution is -2.58. The summed E-state index contributed by atoms with van der Waals surface area (Å²) in [6.07, 6.45) is 1.22. The summed E-state index contributed by atoms with van der Waals surface area (Å²) in [6.45, 7) is 9.15. The van der Waals surface area contributed by atoms with Crippen molar-refractivity contribution in [2.24, 2.45) is 0 Å². The van der Waals surface area contributed by atoms with Crippen LogP contribution in [0.5, 0.6) is 0 Å². The SMILES string of the molecule is CCN(C(C)COC)C(CC)(CC)C(=O)O. The molecule has 0 aliphatic rings. The minimum Gasteiger partial charge on any atom is -0.480 e. The van der Waals surface area contributed by atoms with Gasteiger partial charge in [0.1, 0.15) is 5.54 Å². The molecule has 1 N–H and O–H groups in total. The van der Waals surface area contributed by atoms with Crippen LogP contribution in [0.2, 0.25) is 0 Å². The van der Waals surface area contributed by atoms with E-state index in [9.17, 15) is 9.90 Å². The second-order valence-corrected chi connectivity index (χ2v) is 4.13. The Morgan fingerprint density at radius 1 is 1.38 bits per heavy atom. The van der Waals surface area contributed by atoms with Gasteiger partial charge in [-0.15, -0.1) is 0 Å². The fourth-order valence-corrected chi connectivity index (χ4v) is 2.45. The molecule has 1 atom stereocenters. The molecule has 0 amide bonds. The monoisotopic (exact) mass is 231 g/mol. The van der Waals surface area contributed by atoms with Crippen LogP contribution < -0.4 is 0 Å². The number of ether oxygens (including phenoxy) is 1. The van der Waals surface area contributed by atoms with Gasteiger partial charge in [0.05, 0.1) is 6.61 Å². The summed E-state index contributed by atoms with van der Waals surface area (Å²) in [5.74, 6) is -0.734. The summed E-state index contributed by atoms with van der Waals surface area (Å²) >= 11 is 0. The van der Waals surface area contributed by atoms with Gasteiger partial charge in [0, 0.05) is 13.2 Å². The van der Waals surface area contributed by atoms with E-state index in [0.717, 1.165) is 6.54 Å². The van der Waals surface area contributed by atoms with E-state index in [2.05, 4.69) is 0 Å². The van der Waals surface area contributed by atoms with Crippen molar-refractivity contribution in [3.05, 3.63) is 0 Å². The summed E-state index contributed by atoms with van der Waals surface area (Å²) in [5.41, 5.74) is -0.757. The Bertz CT molecular complexity index is 214. The van der Waals surface area contributed by atoms with Crippen molar-refractivity contribution in [2.75, 3.05) is 20.3 Å². The molecule has 0 aliphatic heterocycles. The normalized spacial score (nSPS) is 14.1. The Balaban J connectivity index is 5.05. The second kappa shape index (κ2) is 6.86. The number of carboxylic acids is 1. The third-order valence-electron chi connectivity index (χ3n) is 3.40. The first-order valence-corrected chi connectivity index (χ1v) is 5.99. The van der Waals surface area contributed by atoms with Crippen molar-refractivity contribution < 1.29 is 14.6 Å². The van der Waals surface area contributed by atoms with Crippen LogP contribution in [-0.2, 0) is 9.53 Å². The van der Waals surface area contributed by atoms with E-state index in [1.807, 2.05) is 32.6 Å². The predicted molar refractivity (Wildman–Crippen MR) is 64.7 cm³/mol. The summed E-state index contributed by atoms with van der Waals surface area (Å²) < 4.78 is 5.12. The lowest BCUT2D eigenvalue weighted by Gasteiger charge is -2.42. The number of likely N-dealkylation sites (N-methyl/N-ethyl adjacent to an activating group) is 1. The lowest BCUT2D eigenvalue weighted by atomic mass is 9.89. The maximum Gasteiger partial charge on any atom is 0.324 e. The van der Waals surface area contributed by atoms with Crippen molar-refractivity contribution >= 4 is 5.97 Å². The molecule has 16 heavy (non-hydrogen) atoms. The van der Waals surface area contributed by atoms with Gasteiger partial charge in [-0.3, -0.25) is 9.69 Å². The zero-order valence-corrected chi connectivity index (χ0v) is 11.1. The van der Waals surface area contributed by atoms with Crippen LogP contribution in [0.1, 0.15) is 40.5 Å². The zero-order valence-electron chi connectivity index (χ0n) is 11.1. The Morgan fingerprint density at radius 3 is 2.12 bits per heavy atom. The van der Waals surface area contributed by atoms with Gasteiger partial charge >= 0.3 is 5.97 Å². The van der Waals surface area contributed by atoms with Crippen molar-refractivity contribution in [3.63, 3.8) is 0 Å². The summed E-state index contributed by atoms with van der Waals surface area (Å²) in [5, 5.41) is 9.46. The minimum atomic E-state index is -0.757. The molecule has 0 spiro atoms. The van der Waals surface area contributed by atoms with Crippen LogP contribution in [0, 0.1) is 0 Å². The van der Waals surface area contributed by atoms with E-state index in [1.54, 1.807) is 7.11 Å². The molecule has 4 heteroatoms. The molecular weight excluding hydrogens is 206 g/mol. The van der Waals surface area contributed by atoms with Crippen molar-refractivity contribution in [2.45, 2.75) is 52.1 Å². The lowest BCUT2D eigenvalue weighted by molar-refractivity contribution is -0.155. The highest BCUT2D eigenvalue weighted by atomic mass is 16.5. The van der Waals surface area contributed by atoms with Crippen LogP contribution in [0.3, 0.4) is 0 Å². The molecule has 0 heterocycles. The summed E-state index contributed by atoms with van der Waals surface area (Å²) in [4.78, 5) is 13.5. The Labute approximate surface area is 98.6 Å². The largest absolute Gasteiger partial charge is 0.480 e. The number of carboxylic acid groups (broad SMARTS) is 1. The second-order valence-electron chi connectivity index (χ2n) is 4.13. The highest BCUT2D eigenvalue weighted by Crippen LogP contribution is 2.26. The number of hydrogen-bond donors (Lipinski definition) is 1. The molecule has 0 rings (SSSR count). The number of nitrogens with zero attached hydrogens (tertiary/aromatic N) is 1. The highest BCUT2D eigenvalue weighted by Gasteiger charge is 2.42. The standard InChI is InChI=1S/C12H25NO3/c1-6-12(7-2,11(14)15)13(8-3)10(4)9-16-5/h10H,6-9H2,1-5H3,(H,14,15). The van der Waals surface area contributed by atoms with Crippen LogP contribution in [0.15, 0.2) is 0 Å².